The van der Waals surface area contributed by atoms with Crippen molar-refractivity contribution in [2.24, 2.45) is 5.10 Å². The number of carbonyl (C=O) groups is 1. The van der Waals surface area contributed by atoms with E-state index in [2.05, 4.69) is 15.8 Å². The maximum atomic E-state index is 13.5. The molecule has 3 aromatic rings. The molecule has 5 heteroatoms. The van der Waals surface area contributed by atoms with Crippen LogP contribution in [0.2, 0.25) is 0 Å². The maximum absolute atomic E-state index is 13.5. The second kappa shape index (κ2) is 7.57. The van der Waals surface area contributed by atoms with Crippen LogP contribution in [0, 0.1) is 5.82 Å². The first-order valence-electron chi connectivity index (χ1n) is 7.96. The highest BCUT2D eigenvalue weighted by Crippen LogP contribution is 2.19. The summed E-state index contributed by atoms with van der Waals surface area (Å²) in [5.74, 6) is -0.691. The molecule has 3 rings (SSSR count). The van der Waals surface area contributed by atoms with Crippen molar-refractivity contribution in [2.45, 2.75) is 13.0 Å². The number of hydrogen-bond acceptors (Lipinski definition) is 3. The molecule has 3 aromatic carbocycles. The second-order valence-corrected chi connectivity index (χ2v) is 5.68. The van der Waals surface area contributed by atoms with Gasteiger partial charge in [-0.3, -0.25) is 4.79 Å². The molecule has 1 amide bonds. The summed E-state index contributed by atoms with van der Waals surface area (Å²) in [5.41, 5.74) is 3.58. The van der Waals surface area contributed by atoms with Crippen LogP contribution in [0.5, 0.6) is 0 Å². The molecule has 0 aliphatic carbocycles. The highest BCUT2D eigenvalue weighted by molar-refractivity contribution is 5.89. The first-order chi connectivity index (χ1) is 12.1. The van der Waals surface area contributed by atoms with E-state index in [4.69, 9.17) is 0 Å². The number of nitrogens with one attached hydrogen (secondary N) is 2. The van der Waals surface area contributed by atoms with Gasteiger partial charge in [-0.05, 0) is 35.9 Å². The number of hydrogen-bond donors (Lipinski definition) is 2. The summed E-state index contributed by atoms with van der Waals surface area (Å²) in [6.45, 7) is 1.74. The number of fused-ring (bicyclic) bond motifs is 1. The topological polar surface area (TPSA) is 53.5 Å². The lowest BCUT2D eigenvalue weighted by molar-refractivity contribution is -0.121. The average Bonchev–Trinajstić information content (AvgIpc) is 2.63. The van der Waals surface area contributed by atoms with E-state index in [9.17, 15) is 9.18 Å². The van der Waals surface area contributed by atoms with Crippen molar-refractivity contribution in [1.82, 2.24) is 5.43 Å². The third kappa shape index (κ3) is 4.20. The molecule has 0 bridgehead atoms. The largest absolute Gasteiger partial charge is 0.374 e. The van der Waals surface area contributed by atoms with E-state index in [0.29, 0.717) is 5.56 Å². The molecule has 0 aliphatic heterocycles. The van der Waals surface area contributed by atoms with Crippen LogP contribution in [-0.2, 0) is 4.79 Å². The standard InChI is InChI=1S/C20H18FN3O/c1-14(20(25)24-22-13-17-8-4-5-9-19(17)21)23-18-11-10-15-6-2-3-7-16(15)12-18/h2-14,23H,1H3,(H,24,25)/t14-/m0/s1. The van der Waals surface area contributed by atoms with Gasteiger partial charge in [-0.15, -0.1) is 0 Å². The highest BCUT2D eigenvalue weighted by Gasteiger charge is 2.11. The highest BCUT2D eigenvalue weighted by atomic mass is 19.1. The molecule has 126 valence electrons. The van der Waals surface area contributed by atoms with Gasteiger partial charge in [-0.2, -0.15) is 5.10 Å². The van der Waals surface area contributed by atoms with Crippen LogP contribution in [0.1, 0.15) is 12.5 Å². The van der Waals surface area contributed by atoms with E-state index in [-0.39, 0.29) is 11.7 Å². The summed E-state index contributed by atoms with van der Waals surface area (Å²) in [6, 6.07) is 19.7. The monoisotopic (exact) mass is 335 g/mol. The number of halogens is 1. The minimum Gasteiger partial charge on any atom is -0.374 e. The molecule has 0 aliphatic rings. The fourth-order valence-corrected chi connectivity index (χ4v) is 2.44. The molecule has 0 radical (unpaired) electrons. The fraction of sp³-hybridized carbons (Fsp3) is 0.100. The van der Waals surface area contributed by atoms with Crippen molar-refractivity contribution in [3.05, 3.63) is 78.1 Å². The first kappa shape index (κ1) is 16.6. The predicted octanol–water partition coefficient (Wildman–Crippen LogP) is 3.93. The number of anilines is 1. The quantitative estimate of drug-likeness (QED) is 0.548. The van der Waals surface area contributed by atoms with Crippen LogP contribution in [-0.4, -0.2) is 18.2 Å². The SMILES string of the molecule is C[C@H](Nc1ccc2ccccc2c1)C(=O)NN=Cc1ccccc1F. The molecule has 0 spiro atoms. The molecule has 0 fully saturated rings. The molecule has 4 nitrogen and oxygen atoms in total. The van der Waals surface area contributed by atoms with Crippen LogP contribution in [0.25, 0.3) is 10.8 Å². The smallest absolute Gasteiger partial charge is 0.262 e. The van der Waals surface area contributed by atoms with Gasteiger partial charge in [0.2, 0.25) is 0 Å². The number of amides is 1. The van der Waals surface area contributed by atoms with E-state index in [1.807, 2.05) is 42.5 Å². The number of rotatable bonds is 5. The Morgan fingerprint density at radius 1 is 1.04 bits per heavy atom. The Balaban J connectivity index is 1.61. The molecular weight excluding hydrogens is 317 g/mol. The van der Waals surface area contributed by atoms with Gasteiger partial charge in [0.1, 0.15) is 11.9 Å². The van der Waals surface area contributed by atoms with E-state index in [1.165, 1.54) is 12.3 Å². The predicted molar refractivity (Wildman–Crippen MR) is 99.2 cm³/mol. The maximum Gasteiger partial charge on any atom is 0.262 e. The Labute approximate surface area is 145 Å². The molecule has 0 heterocycles. The molecule has 0 unspecified atom stereocenters. The summed E-state index contributed by atoms with van der Waals surface area (Å²) in [4.78, 5) is 12.1. The van der Waals surface area contributed by atoms with E-state index < -0.39 is 6.04 Å². The van der Waals surface area contributed by atoms with Gasteiger partial charge in [0.15, 0.2) is 0 Å². The van der Waals surface area contributed by atoms with Gasteiger partial charge in [0.05, 0.1) is 6.21 Å². The number of carbonyl (C=O) groups excluding carboxylic acids is 1. The molecule has 25 heavy (non-hydrogen) atoms. The molecular formula is C20H18FN3O. The zero-order valence-corrected chi connectivity index (χ0v) is 13.7. The lowest BCUT2D eigenvalue weighted by Crippen LogP contribution is -2.34. The Bertz CT molecular complexity index is 923. The lowest BCUT2D eigenvalue weighted by Gasteiger charge is -2.14. The molecule has 0 aromatic heterocycles. The number of hydrazone groups is 1. The number of nitrogens with zero attached hydrogens (tertiary/aromatic N) is 1. The summed E-state index contributed by atoms with van der Waals surface area (Å²) in [5, 5.41) is 9.18. The minimum atomic E-state index is -0.487. The van der Waals surface area contributed by atoms with Crippen molar-refractivity contribution in [3.63, 3.8) is 0 Å². The third-order valence-corrected chi connectivity index (χ3v) is 3.81. The molecule has 2 N–H and O–H groups in total. The van der Waals surface area contributed by atoms with Gasteiger partial charge >= 0.3 is 0 Å². The van der Waals surface area contributed by atoms with Crippen LogP contribution in [0.3, 0.4) is 0 Å². The van der Waals surface area contributed by atoms with Crippen molar-refractivity contribution >= 4 is 28.6 Å². The third-order valence-electron chi connectivity index (χ3n) is 3.81. The molecule has 1 atom stereocenters. The Morgan fingerprint density at radius 2 is 1.76 bits per heavy atom. The first-order valence-corrected chi connectivity index (χ1v) is 7.96. The van der Waals surface area contributed by atoms with Crippen molar-refractivity contribution in [2.75, 3.05) is 5.32 Å². The minimum absolute atomic E-state index is 0.305. The van der Waals surface area contributed by atoms with Gasteiger partial charge < -0.3 is 5.32 Å². The normalized spacial score (nSPS) is 12.2. The van der Waals surface area contributed by atoms with Gasteiger partial charge in [-0.1, -0.05) is 48.5 Å². The summed E-state index contributed by atoms with van der Waals surface area (Å²) in [6.07, 6.45) is 1.29. The zero-order chi connectivity index (χ0) is 17.6. The summed E-state index contributed by atoms with van der Waals surface area (Å²) >= 11 is 0. The number of benzene rings is 3. The summed E-state index contributed by atoms with van der Waals surface area (Å²) < 4.78 is 13.5. The van der Waals surface area contributed by atoms with E-state index in [0.717, 1.165) is 16.5 Å². The van der Waals surface area contributed by atoms with Gasteiger partial charge in [0.25, 0.3) is 5.91 Å². The van der Waals surface area contributed by atoms with Gasteiger partial charge in [-0.25, -0.2) is 9.82 Å². The van der Waals surface area contributed by atoms with Crippen molar-refractivity contribution in [3.8, 4) is 0 Å². The van der Waals surface area contributed by atoms with Crippen molar-refractivity contribution < 1.29 is 9.18 Å². The van der Waals surface area contributed by atoms with Crippen LogP contribution in [0.15, 0.2) is 71.8 Å². The van der Waals surface area contributed by atoms with E-state index >= 15 is 0 Å². The second-order valence-electron chi connectivity index (χ2n) is 5.68. The lowest BCUT2D eigenvalue weighted by atomic mass is 10.1. The Hall–Kier alpha value is -3.21. The van der Waals surface area contributed by atoms with Gasteiger partial charge in [0, 0.05) is 11.3 Å². The van der Waals surface area contributed by atoms with Crippen LogP contribution >= 0.6 is 0 Å². The summed E-state index contributed by atoms with van der Waals surface area (Å²) in [7, 11) is 0. The van der Waals surface area contributed by atoms with Crippen molar-refractivity contribution in [1.29, 1.82) is 0 Å². The Morgan fingerprint density at radius 3 is 2.56 bits per heavy atom. The molecule has 0 saturated carbocycles. The van der Waals surface area contributed by atoms with Crippen LogP contribution < -0.4 is 10.7 Å². The van der Waals surface area contributed by atoms with E-state index in [1.54, 1.807) is 25.1 Å². The average molecular weight is 335 g/mol. The zero-order valence-electron chi connectivity index (χ0n) is 13.7. The molecule has 0 saturated heterocycles. The van der Waals surface area contributed by atoms with Crippen LogP contribution in [0.4, 0.5) is 10.1 Å². The Kier molecular flexibility index (Phi) is 5.04. The fourth-order valence-electron chi connectivity index (χ4n) is 2.44.